The van der Waals surface area contributed by atoms with Crippen molar-refractivity contribution in [2.24, 2.45) is 0 Å². The first-order chi connectivity index (χ1) is 19.0. The maximum Gasteiger partial charge on any atom is 0.272 e. The largest absolute Gasteiger partial charge is 0.493 e. The molecule has 2 aliphatic heterocycles. The Labute approximate surface area is 224 Å². The smallest absolute Gasteiger partial charge is 0.272 e. The molecule has 198 valence electrons. The van der Waals surface area contributed by atoms with Gasteiger partial charge in [0.05, 0.1) is 24.1 Å². The molecule has 7 rings (SSSR count). The van der Waals surface area contributed by atoms with E-state index in [2.05, 4.69) is 26.7 Å². The molecule has 4 heterocycles. The predicted molar refractivity (Wildman–Crippen MR) is 142 cm³/mol. The van der Waals surface area contributed by atoms with E-state index >= 15 is 0 Å². The quantitative estimate of drug-likeness (QED) is 0.409. The van der Waals surface area contributed by atoms with Gasteiger partial charge in [-0.2, -0.15) is 5.21 Å². The van der Waals surface area contributed by atoms with Gasteiger partial charge in [-0.15, -0.1) is 10.2 Å². The number of ketones is 1. The number of fused-ring (bicyclic) bond motifs is 2. The molecule has 1 N–H and O–H groups in total. The molecule has 39 heavy (non-hydrogen) atoms. The molecule has 0 bridgehead atoms. The van der Waals surface area contributed by atoms with Crippen molar-refractivity contribution in [3.05, 3.63) is 59.3 Å². The van der Waals surface area contributed by atoms with Gasteiger partial charge in [-0.25, -0.2) is 4.98 Å². The van der Waals surface area contributed by atoms with E-state index in [0.717, 1.165) is 23.7 Å². The van der Waals surface area contributed by atoms with Crippen molar-refractivity contribution in [2.75, 3.05) is 19.7 Å². The van der Waals surface area contributed by atoms with Crippen LogP contribution in [0, 0.1) is 0 Å². The minimum absolute atomic E-state index is 0.0199. The average Bonchev–Trinajstić information content (AvgIpc) is 3.65. The molecule has 10 nitrogen and oxygen atoms in total. The van der Waals surface area contributed by atoms with Crippen LogP contribution in [-0.4, -0.2) is 67.5 Å². The number of ether oxygens (including phenoxy) is 2. The van der Waals surface area contributed by atoms with Gasteiger partial charge in [-0.05, 0) is 60.7 Å². The monoisotopic (exact) mass is 524 g/mol. The summed E-state index contributed by atoms with van der Waals surface area (Å²) in [5, 5.41) is 15.0. The number of nitrogens with one attached hydrogen (secondary N) is 1. The van der Waals surface area contributed by atoms with E-state index in [9.17, 15) is 9.59 Å². The van der Waals surface area contributed by atoms with Crippen LogP contribution in [0.1, 0.15) is 71.4 Å². The van der Waals surface area contributed by atoms with Gasteiger partial charge in [0.25, 0.3) is 5.91 Å². The number of carbonyl (C=O) groups excluding carboxylic acids is 2. The number of piperidine rings is 1. The van der Waals surface area contributed by atoms with E-state index in [1.807, 2.05) is 30.0 Å². The Balaban J connectivity index is 1.11. The summed E-state index contributed by atoms with van der Waals surface area (Å²) in [5.41, 5.74) is 3.06. The zero-order valence-electron chi connectivity index (χ0n) is 21.6. The van der Waals surface area contributed by atoms with Crippen molar-refractivity contribution in [3.63, 3.8) is 0 Å². The SMILES string of the molecule is CCOc1cc(C(=O)N2CCC3(CC2)CC(=O)c2cc(-c4nn[nH]n4)ccc2O3)nc2c(C3CC3)cccc12. The van der Waals surface area contributed by atoms with Crippen molar-refractivity contribution in [1.82, 2.24) is 30.5 Å². The molecule has 1 spiro atoms. The Morgan fingerprint density at radius 1 is 1.18 bits per heavy atom. The van der Waals surface area contributed by atoms with Crippen molar-refractivity contribution in [3.8, 4) is 22.9 Å². The molecule has 4 aromatic rings. The number of para-hydroxylation sites is 1. The highest BCUT2D eigenvalue weighted by molar-refractivity contribution is 6.01. The zero-order chi connectivity index (χ0) is 26.6. The Morgan fingerprint density at radius 2 is 2.03 bits per heavy atom. The number of rotatable bonds is 5. The third kappa shape index (κ3) is 4.20. The maximum atomic E-state index is 13.7. The van der Waals surface area contributed by atoms with E-state index < -0.39 is 5.60 Å². The molecule has 10 heteroatoms. The summed E-state index contributed by atoms with van der Waals surface area (Å²) in [6, 6.07) is 13.3. The fraction of sp³-hybridized carbons (Fsp3) is 0.379. The van der Waals surface area contributed by atoms with Crippen LogP contribution in [-0.2, 0) is 0 Å². The van der Waals surface area contributed by atoms with Gasteiger partial charge in [0.15, 0.2) is 5.78 Å². The first kappa shape index (κ1) is 23.8. The molecule has 1 amide bonds. The summed E-state index contributed by atoms with van der Waals surface area (Å²) in [5.74, 6) is 2.08. The third-order valence-electron chi connectivity index (χ3n) is 8.02. The van der Waals surface area contributed by atoms with E-state index in [4.69, 9.17) is 14.5 Å². The van der Waals surface area contributed by atoms with Crippen LogP contribution in [0.15, 0.2) is 42.5 Å². The second-order valence-electron chi connectivity index (χ2n) is 10.6. The molecule has 0 atom stereocenters. The first-order valence-electron chi connectivity index (χ1n) is 13.5. The Kier molecular flexibility index (Phi) is 5.57. The second-order valence-corrected chi connectivity index (χ2v) is 10.6. The Bertz CT molecular complexity index is 1590. The number of Topliss-reactive ketones (excluding diaryl/α,β-unsaturated/α-hetero) is 1. The fourth-order valence-corrected chi connectivity index (χ4v) is 5.82. The number of H-pyrrole nitrogens is 1. The lowest BCUT2D eigenvalue weighted by atomic mass is 9.82. The number of carbonyl (C=O) groups is 2. The summed E-state index contributed by atoms with van der Waals surface area (Å²) in [4.78, 5) is 33.5. The molecule has 1 saturated heterocycles. The van der Waals surface area contributed by atoms with E-state index in [1.54, 1.807) is 18.2 Å². The molecule has 2 aromatic carbocycles. The van der Waals surface area contributed by atoms with Gasteiger partial charge in [0.2, 0.25) is 5.82 Å². The van der Waals surface area contributed by atoms with Gasteiger partial charge in [-0.3, -0.25) is 9.59 Å². The Morgan fingerprint density at radius 3 is 2.77 bits per heavy atom. The number of pyridine rings is 1. The van der Waals surface area contributed by atoms with Crippen LogP contribution < -0.4 is 9.47 Å². The van der Waals surface area contributed by atoms with E-state index in [1.165, 1.54) is 5.56 Å². The first-order valence-corrected chi connectivity index (χ1v) is 13.5. The van der Waals surface area contributed by atoms with E-state index in [0.29, 0.717) is 72.6 Å². The van der Waals surface area contributed by atoms with Crippen LogP contribution in [0.2, 0.25) is 0 Å². The number of nitrogens with zero attached hydrogens (tertiary/aromatic N) is 5. The van der Waals surface area contributed by atoms with Gasteiger partial charge >= 0.3 is 0 Å². The lowest BCUT2D eigenvalue weighted by molar-refractivity contribution is -0.00584. The summed E-state index contributed by atoms with van der Waals surface area (Å²) in [6.45, 7) is 3.42. The number of hydrogen-bond donors (Lipinski definition) is 1. The molecule has 0 unspecified atom stereocenters. The Hall–Kier alpha value is -4.34. The number of amides is 1. The number of tetrazole rings is 1. The van der Waals surface area contributed by atoms with Gasteiger partial charge in [0.1, 0.15) is 22.8 Å². The summed E-state index contributed by atoms with van der Waals surface area (Å²) >= 11 is 0. The van der Waals surface area contributed by atoms with Crippen LogP contribution in [0.3, 0.4) is 0 Å². The third-order valence-corrected chi connectivity index (χ3v) is 8.02. The lowest BCUT2D eigenvalue weighted by Gasteiger charge is -2.43. The molecular weight excluding hydrogens is 496 g/mol. The van der Waals surface area contributed by atoms with Crippen LogP contribution in [0.25, 0.3) is 22.3 Å². The van der Waals surface area contributed by atoms with Crippen LogP contribution in [0.4, 0.5) is 0 Å². The average molecular weight is 525 g/mol. The minimum Gasteiger partial charge on any atom is -0.493 e. The predicted octanol–water partition coefficient (Wildman–Crippen LogP) is 4.33. The number of hydrogen-bond acceptors (Lipinski definition) is 8. The van der Waals surface area contributed by atoms with Gasteiger partial charge in [-0.1, -0.05) is 12.1 Å². The molecule has 0 radical (unpaired) electrons. The number of aromatic amines is 1. The lowest BCUT2D eigenvalue weighted by Crippen LogP contribution is -2.52. The molecule has 1 saturated carbocycles. The van der Waals surface area contributed by atoms with Crippen molar-refractivity contribution in [2.45, 2.75) is 50.5 Å². The second kappa shape index (κ2) is 9.14. The molecular formula is C29H28N6O4. The maximum absolute atomic E-state index is 13.7. The highest BCUT2D eigenvalue weighted by Gasteiger charge is 2.44. The highest BCUT2D eigenvalue weighted by atomic mass is 16.5. The summed E-state index contributed by atoms with van der Waals surface area (Å²) in [7, 11) is 0. The molecule has 2 fully saturated rings. The fourth-order valence-electron chi connectivity index (χ4n) is 5.82. The van der Waals surface area contributed by atoms with Crippen molar-refractivity contribution in [1.29, 1.82) is 0 Å². The van der Waals surface area contributed by atoms with Gasteiger partial charge < -0.3 is 14.4 Å². The minimum atomic E-state index is -0.624. The van der Waals surface area contributed by atoms with Crippen LogP contribution in [0.5, 0.6) is 11.5 Å². The summed E-state index contributed by atoms with van der Waals surface area (Å²) < 4.78 is 12.4. The molecule has 2 aromatic heterocycles. The highest BCUT2D eigenvalue weighted by Crippen LogP contribution is 2.44. The van der Waals surface area contributed by atoms with Gasteiger partial charge in [0, 0.05) is 42.9 Å². The van der Waals surface area contributed by atoms with Crippen LogP contribution >= 0.6 is 0 Å². The molecule has 1 aliphatic carbocycles. The number of benzene rings is 2. The zero-order valence-corrected chi connectivity index (χ0v) is 21.6. The van der Waals surface area contributed by atoms with Crippen molar-refractivity contribution >= 4 is 22.6 Å². The topological polar surface area (TPSA) is 123 Å². The number of likely N-dealkylation sites (tertiary alicyclic amines) is 1. The summed E-state index contributed by atoms with van der Waals surface area (Å²) in [6.07, 6.45) is 3.70. The number of aromatic nitrogens is 5. The van der Waals surface area contributed by atoms with Crippen molar-refractivity contribution < 1.29 is 19.1 Å². The normalized spacial score (nSPS) is 18.2. The standard InChI is InChI=1S/C29H28N6O4/c1-2-38-25-15-22(30-26-19(17-6-7-17)4-3-5-20(25)26)28(37)35-12-10-29(11-13-35)16-23(36)21-14-18(8-9-24(21)39-29)27-31-33-34-32-27/h3-5,8-9,14-15,17H,2,6-7,10-13,16H2,1H3,(H,31,32,33,34). The molecule has 3 aliphatic rings. The van der Waals surface area contributed by atoms with E-state index in [-0.39, 0.29) is 18.1 Å².